The molecule has 0 bridgehead atoms. The smallest absolute Gasteiger partial charge is 0.307 e. The molecule has 0 aliphatic carbocycles. The van der Waals surface area contributed by atoms with Gasteiger partial charge in [-0.1, -0.05) is 17.7 Å². The van der Waals surface area contributed by atoms with Crippen LogP contribution >= 0.6 is 11.8 Å². The third-order valence-corrected chi connectivity index (χ3v) is 4.46. The van der Waals surface area contributed by atoms with E-state index in [1.165, 1.54) is 24.8 Å². The fourth-order valence-corrected chi connectivity index (χ4v) is 2.86. The van der Waals surface area contributed by atoms with Gasteiger partial charge in [0.1, 0.15) is 0 Å². The van der Waals surface area contributed by atoms with E-state index in [1.54, 1.807) is 12.1 Å². The van der Waals surface area contributed by atoms with Gasteiger partial charge in [-0.2, -0.15) is 0 Å². The van der Waals surface area contributed by atoms with Crippen LogP contribution in [0.3, 0.4) is 0 Å². The lowest BCUT2D eigenvalue weighted by Gasteiger charge is -2.13. The molecular weight excluding hydrogens is 360 g/mol. The van der Waals surface area contributed by atoms with Crippen LogP contribution in [0.15, 0.2) is 47.4 Å². The molecule has 26 heavy (non-hydrogen) atoms. The summed E-state index contributed by atoms with van der Waals surface area (Å²) in [7, 11) is 0. The van der Waals surface area contributed by atoms with Crippen molar-refractivity contribution in [2.45, 2.75) is 31.3 Å². The summed E-state index contributed by atoms with van der Waals surface area (Å²) in [4.78, 5) is 24.4. The highest BCUT2D eigenvalue weighted by atomic mass is 32.2. The Labute approximate surface area is 154 Å². The molecule has 0 fully saturated rings. The molecule has 2 aromatic carbocycles. The van der Waals surface area contributed by atoms with Crippen LogP contribution in [0.25, 0.3) is 0 Å². The molecule has 7 heteroatoms. The van der Waals surface area contributed by atoms with Crippen molar-refractivity contribution in [3.63, 3.8) is 0 Å². The second-order valence-corrected chi connectivity index (χ2v) is 6.83. The average Bonchev–Trinajstić information content (AvgIpc) is 2.60. The van der Waals surface area contributed by atoms with Gasteiger partial charge >= 0.3 is 5.97 Å². The molecule has 2 aromatic rings. The molecule has 0 saturated carbocycles. The first kappa shape index (κ1) is 19.9. The normalized spacial score (nSPS) is 11.7. The van der Waals surface area contributed by atoms with Gasteiger partial charge in [0, 0.05) is 16.3 Å². The molecule has 0 aliphatic heterocycles. The number of halogens is 2. The number of nitrogens with one attached hydrogen (secondary N) is 1. The number of carbonyl (C=O) groups excluding carboxylic acids is 2. The molecule has 1 atom stereocenters. The van der Waals surface area contributed by atoms with E-state index in [4.69, 9.17) is 4.74 Å². The van der Waals surface area contributed by atoms with Crippen LogP contribution in [0.5, 0.6) is 0 Å². The van der Waals surface area contributed by atoms with Crippen molar-refractivity contribution in [1.82, 2.24) is 0 Å². The number of thioether (sulfide) groups is 1. The van der Waals surface area contributed by atoms with E-state index in [0.717, 1.165) is 17.7 Å². The van der Waals surface area contributed by atoms with Crippen LogP contribution in [0, 0.1) is 18.6 Å². The van der Waals surface area contributed by atoms with Gasteiger partial charge in [0.25, 0.3) is 5.91 Å². The van der Waals surface area contributed by atoms with Gasteiger partial charge in [-0.15, -0.1) is 11.8 Å². The number of hydrogen-bond donors (Lipinski definition) is 1. The summed E-state index contributed by atoms with van der Waals surface area (Å²) in [6.45, 7) is 3.43. The molecule has 138 valence electrons. The summed E-state index contributed by atoms with van der Waals surface area (Å²) >= 11 is 1.20. The first-order valence-corrected chi connectivity index (χ1v) is 8.98. The molecule has 0 aliphatic rings. The molecule has 1 N–H and O–H groups in total. The van der Waals surface area contributed by atoms with Crippen molar-refractivity contribution in [3.8, 4) is 0 Å². The zero-order valence-corrected chi connectivity index (χ0v) is 15.2. The van der Waals surface area contributed by atoms with Crippen LogP contribution < -0.4 is 5.32 Å². The number of aryl methyl sites for hydroxylation is 1. The minimum Gasteiger partial charge on any atom is -0.453 e. The Morgan fingerprint density at radius 1 is 1.12 bits per heavy atom. The number of esters is 1. The maximum atomic E-state index is 13.1. The van der Waals surface area contributed by atoms with E-state index >= 15 is 0 Å². The number of amides is 1. The first-order chi connectivity index (χ1) is 12.3. The van der Waals surface area contributed by atoms with Crippen LogP contribution in [-0.2, 0) is 14.3 Å². The van der Waals surface area contributed by atoms with Crippen LogP contribution in [0.2, 0.25) is 0 Å². The molecular formula is C19H19F2NO3S. The lowest BCUT2D eigenvalue weighted by molar-refractivity contribution is -0.152. The van der Waals surface area contributed by atoms with E-state index < -0.39 is 29.6 Å². The fraction of sp³-hybridized carbons (Fsp3) is 0.263. The highest BCUT2D eigenvalue weighted by Crippen LogP contribution is 2.21. The minimum absolute atomic E-state index is 0.0474. The molecule has 0 spiro atoms. The summed E-state index contributed by atoms with van der Waals surface area (Å²) in [5, 5.41) is 2.67. The van der Waals surface area contributed by atoms with Crippen molar-refractivity contribution in [2.24, 2.45) is 0 Å². The zero-order chi connectivity index (χ0) is 19.1. The van der Waals surface area contributed by atoms with Crippen molar-refractivity contribution >= 4 is 29.3 Å². The van der Waals surface area contributed by atoms with E-state index in [0.29, 0.717) is 16.3 Å². The third-order valence-electron chi connectivity index (χ3n) is 3.46. The topological polar surface area (TPSA) is 55.4 Å². The van der Waals surface area contributed by atoms with Crippen molar-refractivity contribution in [1.29, 1.82) is 0 Å². The Morgan fingerprint density at radius 2 is 1.81 bits per heavy atom. The Morgan fingerprint density at radius 3 is 2.46 bits per heavy atom. The molecule has 2 rings (SSSR count). The predicted octanol–water partition coefficient (Wildman–Crippen LogP) is 4.33. The standard InChI is InChI=1S/C19H19F2NO3S/c1-12-3-5-14(6-4-12)22-19(24)13(2)25-18(23)9-10-26-15-7-8-16(20)17(21)11-15/h3-8,11,13H,9-10H2,1-2H3,(H,22,24)/t13-/m1/s1. The van der Waals surface area contributed by atoms with Crippen molar-refractivity contribution < 1.29 is 23.1 Å². The number of benzene rings is 2. The molecule has 0 aromatic heterocycles. The monoisotopic (exact) mass is 379 g/mol. The number of hydrogen-bond acceptors (Lipinski definition) is 4. The summed E-state index contributed by atoms with van der Waals surface area (Å²) in [5.41, 5.74) is 1.69. The van der Waals surface area contributed by atoms with Crippen LogP contribution in [0.4, 0.5) is 14.5 Å². The lowest BCUT2D eigenvalue weighted by Crippen LogP contribution is -2.30. The van der Waals surface area contributed by atoms with E-state index in [9.17, 15) is 18.4 Å². The average molecular weight is 379 g/mol. The third kappa shape index (κ3) is 6.15. The van der Waals surface area contributed by atoms with Gasteiger partial charge in [-0.05, 0) is 44.2 Å². The van der Waals surface area contributed by atoms with Gasteiger partial charge in [-0.25, -0.2) is 8.78 Å². The van der Waals surface area contributed by atoms with E-state index in [2.05, 4.69) is 5.32 Å². The van der Waals surface area contributed by atoms with Gasteiger partial charge in [0.2, 0.25) is 0 Å². The quantitative estimate of drug-likeness (QED) is 0.575. The summed E-state index contributed by atoms with van der Waals surface area (Å²) in [6.07, 6.45) is -0.886. The second-order valence-electron chi connectivity index (χ2n) is 5.66. The summed E-state index contributed by atoms with van der Waals surface area (Å²) < 4.78 is 31.0. The Bertz CT molecular complexity index is 781. The Kier molecular flexibility index (Phi) is 7.15. The molecule has 4 nitrogen and oxygen atoms in total. The molecule has 0 radical (unpaired) electrons. The molecule has 0 saturated heterocycles. The Hall–Kier alpha value is -2.41. The molecule has 1 amide bonds. The van der Waals surface area contributed by atoms with E-state index in [1.807, 2.05) is 19.1 Å². The van der Waals surface area contributed by atoms with Gasteiger partial charge < -0.3 is 10.1 Å². The number of ether oxygens (including phenoxy) is 1. The first-order valence-electron chi connectivity index (χ1n) is 8.00. The van der Waals surface area contributed by atoms with Crippen LogP contribution in [0.1, 0.15) is 18.9 Å². The lowest BCUT2D eigenvalue weighted by atomic mass is 10.2. The maximum absolute atomic E-state index is 13.1. The fourth-order valence-electron chi connectivity index (χ4n) is 2.01. The van der Waals surface area contributed by atoms with Gasteiger partial charge in [0.05, 0.1) is 6.42 Å². The van der Waals surface area contributed by atoms with Crippen LogP contribution in [-0.4, -0.2) is 23.7 Å². The highest BCUT2D eigenvalue weighted by molar-refractivity contribution is 7.99. The number of anilines is 1. The predicted molar refractivity (Wildman–Crippen MR) is 97.1 cm³/mol. The zero-order valence-electron chi connectivity index (χ0n) is 14.4. The highest BCUT2D eigenvalue weighted by Gasteiger charge is 2.17. The van der Waals surface area contributed by atoms with Crippen molar-refractivity contribution in [2.75, 3.05) is 11.1 Å². The second kappa shape index (κ2) is 9.33. The minimum atomic E-state index is -0.933. The van der Waals surface area contributed by atoms with Gasteiger partial charge in [-0.3, -0.25) is 9.59 Å². The molecule has 0 heterocycles. The summed E-state index contributed by atoms with van der Waals surface area (Å²) in [6, 6.07) is 10.8. The number of carbonyl (C=O) groups is 2. The maximum Gasteiger partial charge on any atom is 0.307 e. The molecule has 0 unspecified atom stereocenters. The summed E-state index contributed by atoms with van der Waals surface area (Å²) in [5.74, 6) is -2.47. The van der Waals surface area contributed by atoms with E-state index in [-0.39, 0.29) is 6.42 Å². The Balaban J connectivity index is 1.74. The number of rotatable bonds is 7. The SMILES string of the molecule is Cc1ccc(NC(=O)[C@@H](C)OC(=O)CCSc2ccc(F)c(F)c2)cc1. The largest absolute Gasteiger partial charge is 0.453 e. The van der Waals surface area contributed by atoms with Gasteiger partial charge in [0.15, 0.2) is 17.7 Å². The van der Waals surface area contributed by atoms with Crippen molar-refractivity contribution in [3.05, 3.63) is 59.7 Å².